The lowest BCUT2D eigenvalue weighted by molar-refractivity contribution is 0.0233. The summed E-state index contributed by atoms with van der Waals surface area (Å²) >= 11 is 5.29. The number of ether oxygens (including phenoxy) is 1. The van der Waals surface area contributed by atoms with Gasteiger partial charge in [0.15, 0.2) is 4.77 Å². The molecule has 0 unspecified atom stereocenters. The van der Waals surface area contributed by atoms with Gasteiger partial charge in [-0.25, -0.2) is 5.48 Å². The maximum atomic E-state index is 12.7. The van der Waals surface area contributed by atoms with E-state index in [0.717, 1.165) is 5.56 Å². The van der Waals surface area contributed by atoms with E-state index in [-0.39, 0.29) is 12.2 Å². The van der Waals surface area contributed by atoms with Gasteiger partial charge in [0.25, 0.3) is 11.5 Å². The quantitative estimate of drug-likeness (QED) is 0.346. The van der Waals surface area contributed by atoms with Crippen molar-refractivity contribution >= 4 is 29.0 Å². The van der Waals surface area contributed by atoms with Gasteiger partial charge < -0.3 is 9.72 Å². The molecular formula is C20H21N3O4S. The Kier molecular flexibility index (Phi) is 6.70. The van der Waals surface area contributed by atoms with E-state index in [9.17, 15) is 9.59 Å². The molecule has 0 fully saturated rings. The molecule has 0 atom stereocenters. The maximum Gasteiger partial charge on any atom is 0.274 e. The molecule has 1 aromatic heterocycles. The number of hydrogen-bond donors (Lipinski definition) is 2. The Labute approximate surface area is 166 Å². The Morgan fingerprint density at radius 1 is 1.21 bits per heavy atom. The first-order chi connectivity index (χ1) is 13.6. The van der Waals surface area contributed by atoms with Gasteiger partial charge in [-0.15, -0.1) is 0 Å². The highest BCUT2D eigenvalue weighted by molar-refractivity contribution is 7.71. The molecule has 0 spiro atoms. The predicted molar refractivity (Wildman–Crippen MR) is 109 cm³/mol. The number of nitrogens with one attached hydrogen (secondary N) is 2. The number of carbonyl (C=O) groups is 1. The van der Waals surface area contributed by atoms with Crippen LogP contribution >= 0.6 is 12.2 Å². The van der Waals surface area contributed by atoms with E-state index < -0.39 is 5.91 Å². The number of fused-ring (bicyclic) bond motifs is 1. The molecule has 0 radical (unpaired) electrons. The summed E-state index contributed by atoms with van der Waals surface area (Å²) in [5, 5.41) is 0.466. The fourth-order valence-electron chi connectivity index (χ4n) is 2.78. The van der Waals surface area contributed by atoms with Gasteiger partial charge in [0, 0.05) is 25.8 Å². The van der Waals surface area contributed by atoms with Crippen LogP contribution in [0.3, 0.4) is 0 Å². The Bertz CT molecular complexity index is 1080. The zero-order valence-corrected chi connectivity index (χ0v) is 16.3. The van der Waals surface area contributed by atoms with Crippen molar-refractivity contribution in [3.05, 3.63) is 74.8 Å². The first-order valence-corrected chi connectivity index (χ1v) is 9.23. The minimum atomic E-state index is -0.401. The van der Waals surface area contributed by atoms with Crippen molar-refractivity contribution in [3.8, 4) is 0 Å². The molecule has 2 aromatic carbocycles. The molecule has 3 rings (SSSR count). The lowest BCUT2D eigenvalue weighted by atomic mass is 10.1. The first kappa shape index (κ1) is 19.9. The number of carbonyl (C=O) groups excluding carboxylic acids is 1. The van der Waals surface area contributed by atoms with Crippen molar-refractivity contribution in [3.63, 3.8) is 0 Å². The monoisotopic (exact) mass is 399 g/mol. The SMILES string of the molecule is COCCCn1c(=S)[nH]c2cc(C(=O)NOCc3ccccc3)ccc2c1=O. The van der Waals surface area contributed by atoms with Gasteiger partial charge in [0.1, 0.15) is 0 Å². The van der Waals surface area contributed by atoms with Crippen molar-refractivity contribution in [2.75, 3.05) is 13.7 Å². The molecule has 0 saturated carbocycles. The van der Waals surface area contributed by atoms with E-state index >= 15 is 0 Å². The molecule has 0 bridgehead atoms. The highest BCUT2D eigenvalue weighted by Crippen LogP contribution is 2.11. The second-order valence-electron chi connectivity index (χ2n) is 6.20. The summed E-state index contributed by atoms with van der Waals surface area (Å²) in [7, 11) is 1.61. The Morgan fingerprint density at radius 3 is 2.75 bits per heavy atom. The van der Waals surface area contributed by atoms with Crippen molar-refractivity contribution in [2.24, 2.45) is 0 Å². The molecule has 0 aliphatic carbocycles. The third-order valence-corrected chi connectivity index (χ3v) is 4.54. The van der Waals surface area contributed by atoms with E-state index in [4.69, 9.17) is 21.8 Å². The molecule has 146 valence electrons. The summed E-state index contributed by atoms with van der Waals surface area (Å²) in [5.74, 6) is -0.401. The average molecular weight is 399 g/mol. The number of hydrogen-bond acceptors (Lipinski definition) is 5. The first-order valence-electron chi connectivity index (χ1n) is 8.82. The number of amides is 1. The normalized spacial score (nSPS) is 10.9. The Morgan fingerprint density at radius 2 is 2.00 bits per heavy atom. The molecular weight excluding hydrogens is 378 g/mol. The fourth-order valence-corrected chi connectivity index (χ4v) is 3.07. The average Bonchev–Trinajstić information content (AvgIpc) is 2.71. The number of methoxy groups -OCH3 is 1. The van der Waals surface area contributed by atoms with E-state index in [1.54, 1.807) is 25.3 Å². The Balaban J connectivity index is 1.74. The van der Waals surface area contributed by atoms with E-state index in [1.165, 1.54) is 4.57 Å². The van der Waals surface area contributed by atoms with Gasteiger partial charge in [0.05, 0.1) is 17.5 Å². The number of benzene rings is 2. The van der Waals surface area contributed by atoms with Crippen LogP contribution in [0, 0.1) is 4.77 Å². The van der Waals surface area contributed by atoms with Gasteiger partial charge in [-0.2, -0.15) is 0 Å². The van der Waals surface area contributed by atoms with Crippen LogP contribution in [0.1, 0.15) is 22.3 Å². The summed E-state index contributed by atoms with van der Waals surface area (Å²) in [6.07, 6.45) is 0.679. The van der Waals surface area contributed by atoms with Crippen LogP contribution in [0.5, 0.6) is 0 Å². The van der Waals surface area contributed by atoms with Gasteiger partial charge in [-0.3, -0.25) is 19.0 Å². The van der Waals surface area contributed by atoms with Crippen molar-refractivity contribution in [1.29, 1.82) is 0 Å². The lowest BCUT2D eigenvalue weighted by Gasteiger charge is -2.09. The van der Waals surface area contributed by atoms with Gasteiger partial charge in [-0.05, 0) is 42.4 Å². The summed E-state index contributed by atoms with van der Waals surface area (Å²) in [5.41, 5.74) is 4.03. The molecule has 28 heavy (non-hydrogen) atoms. The molecule has 7 nitrogen and oxygen atoms in total. The molecule has 0 aliphatic rings. The maximum absolute atomic E-state index is 12.7. The van der Waals surface area contributed by atoms with Crippen LogP contribution in [0.4, 0.5) is 0 Å². The van der Waals surface area contributed by atoms with Crippen LogP contribution in [-0.2, 0) is 22.7 Å². The summed E-state index contributed by atoms with van der Waals surface area (Å²) < 4.78 is 6.83. The number of aromatic amines is 1. The summed E-state index contributed by atoms with van der Waals surface area (Å²) in [4.78, 5) is 33.3. The third kappa shape index (κ3) is 4.72. The molecule has 1 heterocycles. The van der Waals surface area contributed by atoms with Crippen molar-refractivity contribution < 1.29 is 14.4 Å². The van der Waals surface area contributed by atoms with Crippen LogP contribution < -0.4 is 11.0 Å². The van der Waals surface area contributed by atoms with Gasteiger partial charge in [-0.1, -0.05) is 30.3 Å². The molecule has 0 saturated heterocycles. The van der Waals surface area contributed by atoms with Crippen LogP contribution in [0.15, 0.2) is 53.3 Å². The van der Waals surface area contributed by atoms with E-state index in [0.29, 0.717) is 40.8 Å². The summed E-state index contributed by atoms with van der Waals surface area (Å²) in [6.45, 7) is 1.27. The topological polar surface area (TPSA) is 85.3 Å². The number of aromatic nitrogens is 2. The fraction of sp³-hybridized carbons (Fsp3) is 0.250. The molecule has 1 amide bonds. The minimum absolute atomic E-state index is 0.192. The van der Waals surface area contributed by atoms with Crippen LogP contribution in [0.25, 0.3) is 10.9 Å². The highest BCUT2D eigenvalue weighted by atomic mass is 32.1. The number of nitrogens with zero attached hydrogens (tertiary/aromatic N) is 1. The highest BCUT2D eigenvalue weighted by Gasteiger charge is 2.10. The molecule has 8 heteroatoms. The number of rotatable bonds is 8. The molecule has 3 aromatic rings. The molecule has 2 N–H and O–H groups in total. The van der Waals surface area contributed by atoms with Gasteiger partial charge >= 0.3 is 0 Å². The van der Waals surface area contributed by atoms with Gasteiger partial charge in [0.2, 0.25) is 0 Å². The Hall–Kier alpha value is -2.81. The zero-order valence-electron chi connectivity index (χ0n) is 15.4. The third-order valence-electron chi connectivity index (χ3n) is 4.22. The standard InChI is InChI=1S/C20H21N3O4S/c1-26-11-5-10-23-19(25)16-9-8-15(12-17(16)21-20(23)28)18(24)22-27-13-14-6-3-2-4-7-14/h2-4,6-9,12H,5,10-11,13H2,1H3,(H,21,28)(H,22,24). The minimum Gasteiger partial charge on any atom is -0.385 e. The van der Waals surface area contributed by atoms with Crippen molar-refractivity contribution in [1.82, 2.24) is 15.0 Å². The summed E-state index contributed by atoms with van der Waals surface area (Å²) in [6, 6.07) is 14.3. The second-order valence-corrected chi connectivity index (χ2v) is 6.59. The van der Waals surface area contributed by atoms with Crippen LogP contribution in [-0.4, -0.2) is 29.2 Å². The zero-order chi connectivity index (χ0) is 19.9. The second kappa shape index (κ2) is 9.41. The lowest BCUT2D eigenvalue weighted by Crippen LogP contribution is -2.25. The van der Waals surface area contributed by atoms with E-state index in [2.05, 4.69) is 10.5 Å². The smallest absolute Gasteiger partial charge is 0.274 e. The largest absolute Gasteiger partial charge is 0.385 e. The predicted octanol–water partition coefficient (Wildman–Crippen LogP) is 2.96. The van der Waals surface area contributed by atoms with Crippen molar-refractivity contribution in [2.45, 2.75) is 19.6 Å². The number of H-pyrrole nitrogens is 1. The van der Waals surface area contributed by atoms with E-state index in [1.807, 2.05) is 30.3 Å². The van der Waals surface area contributed by atoms with Crippen LogP contribution in [0.2, 0.25) is 0 Å². The molecule has 0 aliphatic heterocycles. The number of hydroxylamine groups is 1.